The highest BCUT2D eigenvalue weighted by molar-refractivity contribution is 5.86. The lowest BCUT2D eigenvalue weighted by Gasteiger charge is -2.14. The van der Waals surface area contributed by atoms with Crippen LogP contribution in [0.25, 0.3) is 11.6 Å². The zero-order valence-electron chi connectivity index (χ0n) is 15.7. The van der Waals surface area contributed by atoms with Gasteiger partial charge in [-0.1, -0.05) is 71.9 Å². The van der Waals surface area contributed by atoms with E-state index < -0.39 is 11.6 Å². The van der Waals surface area contributed by atoms with Gasteiger partial charge in [0.1, 0.15) is 11.6 Å². The Hall–Kier alpha value is -4.11. The van der Waals surface area contributed by atoms with Crippen LogP contribution in [-0.4, -0.2) is 10.1 Å². The summed E-state index contributed by atoms with van der Waals surface area (Å²) in [6.45, 7) is 0. The molecule has 0 aliphatic heterocycles. The molecule has 0 spiro atoms. The number of hydrogen-bond acceptors (Lipinski definition) is 4. The van der Waals surface area contributed by atoms with E-state index in [1.807, 2.05) is 66.7 Å². The third kappa shape index (κ3) is 4.01. The molecule has 4 nitrogen and oxygen atoms in total. The Balaban J connectivity index is 1.74. The fourth-order valence-corrected chi connectivity index (χ4v) is 3.15. The molecule has 6 heteroatoms. The van der Waals surface area contributed by atoms with Crippen molar-refractivity contribution in [3.8, 4) is 6.07 Å². The summed E-state index contributed by atoms with van der Waals surface area (Å²) in [4.78, 5) is 4.43. The van der Waals surface area contributed by atoms with E-state index in [4.69, 9.17) is 4.52 Å². The maximum atomic E-state index is 13.5. The van der Waals surface area contributed by atoms with Crippen molar-refractivity contribution in [2.75, 3.05) is 0 Å². The van der Waals surface area contributed by atoms with Crippen LogP contribution in [0.3, 0.4) is 0 Å². The van der Waals surface area contributed by atoms with Gasteiger partial charge in [0.15, 0.2) is 17.5 Å². The van der Waals surface area contributed by atoms with Gasteiger partial charge in [-0.05, 0) is 34.9 Å². The monoisotopic (exact) mass is 399 g/mol. The Labute approximate surface area is 171 Å². The minimum absolute atomic E-state index is 0.00842. The van der Waals surface area contributed by atoms with Crippen LogP contribution in [-0.2, 0) is 0 Å². The minimum atomic E-state index is -1.000. The van der Waals surface area contributed by atoms with Gasteiger partial charge in [-0.3, -0.25) is 0 Å². The molecule has 0 atom stereocenters. The van der Waals surface area contributed by atoms with E-state index in [1.165, 1.54) is 12.1 Å². The summed E-state index contributed by atoms with van der Waals surface area (Å²) in [5, 5.41) is 13.6. The summed E-state index contributed by atoms with van der Waals surface area (Å²) < 4.78 is 32.0. The van der Waals surface area contributed by atoms with Gasteiger partial charge in [0.2, 0.25) is 0 Å². The van der Waals surface area contributed by atoms with E-state index in [0.717, 1.165) is 23.3 Å². The first-order valence-corrected chi connectivity index (χ1v) is 9.16. The zero-order valence-corrected chi connectivity index (χ0v) is 15.7. The van der Waals surface area contributed by atoms with Crippen molar-refractivity contribution in [3.05, 3.63) is 119 Å². The molecule has 0 N–H and O–H groups in total. The van der Waals surface area contributed by atoms with Crippen molar-refractivity contribution in [3.63, 3.8) is 0 Å². The molecule has 3 aromatic carbocycles. The van der Waals surface area contributed by atoms with Crippen LogP contribution in [0.4, 0.5) is 8.78 Å². The van der Waals surface area contributed by atoms with E-state index in [-0.39, 0.29) is 17.4 Å². The van der Waals surface area contributed by atoms with Gasteiger partial charge in [-0.2, -0.15) is 10.2 Å². The van der Waals surface area contributed by atoms with Crippen LogP contribution >= 0.6 is 0 Å². The second kappa shape index (κ2) is 8.50. The minimum Gasteiger partial charge on any atom is -0.333 e. The summed E-state index contributed by atoms with van der Waals surface area (Å²) >= 11 is 0. The smallest absolute Gasteiger partial charge is 0.268 e. The van der Waals surface area contributed by atoms with Crippen LogP contribution in [0.15, 0.2) is 83.4 Å². The summed E-state index contributed by atoms with van der Waals surface area (Å²) in [5.74, 6) is -1.84. The topological polar surface area (TPSA) is 62.7 Å². The predicted octanol–water partition coefficient (Wildman–Crippen LogP) is 5.59. The van der Waals surface area contributed by atoms with E-state index in [1.54, 1.807) is 0 Å². The largest absolute Gasteiger partial charge is 0.333 e. The maximum absolute atomic E-state index is 13.5. The number of nitrogens with zero attached hydrogens (tertiary/aromatic N) is 3. The lowest BCUT2D eigenvalue weighted by molar-refractivity contribution is 0.401. The van der Waals surface area contributed by atoms with Crippen molar-refractivity contribution in [2.24, 2.45) is 0 Å². The van der Waals surface area contributed by atoms with Crippen molar-refractivity contribution in [2.45, 2.75) is 5.92 Å². The van der Waals surface area contributed by atoms with E-state index in [0.29, 0.717) is 11.4 Å². The molecule has 1 heterocycles. The standard InChI is InChI=1S/C24H15F2N3O/c25-20-12-11-16(14-21(20)26)13-19(15-27)24-28-23(29-30-24)22(17-7-3-1-4-8-17)18-9-5-2-6-10-18/h1-14,22H/b19-13+. The molecule has 0 saturated carbocycles. The summed E-state index contributed by atoms with van der Waals surface area (Å²) in [6.07, 6.45) is 1.37. The zero-order chi connectivity index (χ0) is 20.9. The third-order valence-corrected chi connectivity index (χ3v) is 4.57. The number of rotatable bonds is 5. The molecular formula is C24H15F2N3O. The molecule has 0 saturated heterocycles. The Morgan fingerprint density at radius 2 is 1.53 bits per heavy atom. The maximum Gasteiger partial charge on any atom is 0.268 e. The average Bonchev–Trinajstić information content (AvgIpc) is 3.25. The van der Waals surface area contributed by atoms with Gasteiger partial charge < -0.3 is 4.52 Å². The van der Waals surface area contributed by atoms with Crippen LogP contribution in [0.1, 0.15) is 34.3 Å². The number of halogens is 2. The Kier molecular flexibility index (Phi) is 5.44. The van der Waals surface area contributed by atoms with Crippen LogP contribution < -0.4 is 0 Å². The fourth-order valence-electron chi connectivity index (χ4n) is 3.15. The Bertz CT molecular complexity index is 1190. The number of nitriles is 1. The molecule has 0 fully saturated rings. The van der Waals surface area contributed by atoms with Gasteiger partial charge in [0.25, 0.3) is 5.89 Å². The molecule has 0 amide bonds. The number of hydrogen-bond donors (Lipinski definition) is 0. The Morgan fingerprint density at radius 3 is 2.10 bits per heavy atom. The highest BCUT2D eigenvalue weighted by Gasteiger charge is 2.23. The lowest BCUT2D eigenvalue weighted by atomic mass is 9.91. The van der Waals surface area contributed by atoms with Gasteiger partial charge in [-0.25, -0.2) is 8.78 Å². The molecule has 0 aliphatic rings. The van der Waals surface area contributed by atoms with Gasteiger partial charge >= 0.3 is 0 Å². The SMILES string of the molecule is N#C/C(=C\c1ccc(F)c(F)c1)c1nc(C(c2ccccc2)c2ccccc2)no1. The van der Waals surface area contributed by atoms with Crippen LogP contribution in [0.2, 0.25) is 0 Å². The summed E-state index contributed by atoms with van der Waals surface area (Å²) in [6, 6.07) is 24.8. The molecular weight excluding hydrogens is 384 g/mol. The normalized spacial score (nSPS) is 11.5. The molecule has 4 rings (SSSR count). The van der Waals surface area contributed by atoms with Crippen molar-refractivity contribution < 1.29 is 13.3 Å². The highest BCUT2D eigenvalue weighted by Crippen LogP contribution is 2.30. The molecule has 0 radical (unpaired) electrons. The quantitative estimate of drug-likeness (QED) is 0.410. The van der Waals surface area contributed by atoms with E-state index in [9.17, 15) is 14.0 Å². The molecule has 1 aromatic heterocycles. The average molecular weight is 399 g/mol. The number of allylic oxidation sites excluding steroid dienone is 1. The van der Waals surface area contributed by atoms with Gasteiger partial charge in [-0.15, -0.1) is 0 Å². The first-order chi connectivity index (χ1) is 14.7. The molecule has 0 bridgehead atoms. The highest BCUT2D eigenvalue weighted by atomic mass is 19.2. The first-order valence-electron chi connectivity index (χ1n) is 9.16. The lowest BCUT2D eigenvalue weighted by Crippen LogP contribution is -2.05. The van der Waals surface area contributed by atoms with Gasteiger partial charge in [0.05, 0.1) is 5.92 Å². The van der Waals surface area contributed by atoms with Crippen molar-refractivity contribution in [1.29, 1.82) is 5.26 Å². The molecule has 0 unspecified atom stereocenters. The summed E-state index contributed by atoms with van der Waals surface area (Å²) in [5.41, 5.74) is 2.31. The number of aromatic nitrogens is 2. The molecule has 0 aliphatic carbocycles. The first kappa shape index (κ1) is 19.2. The molecule has 30 heavy (non-hydrogen) atoms. The second-order valence-electron chi connectivity index (χ2n) is 6.56. The van der Waals surface area contributed by atoms with Crippen LogP contribution in [0.5, 0.6) is 0 Å². The second-order valence-corrected chi connectivity index (χ2v) is 6.56. The number of benzene rings is 3. The van der Waals surface area contributed by atoms with Crippen LogP contribution in [0, 0.1) is 23.0 Å². The van der Waals surface area contributed by atoms with Crippen molar-refractivity contribution in [1.82, 2.24) is 10.1 Å². The summed E-state index contributed by atoms with van der Waals surface area (Å²) in [7, 11) is 0. The van der Waals surface area contributed by atoms with E-state index >= 15 is 0 Å². The van der Waals surface area contributed by atoms with E-state index in [2.05, 4.69) is 10.1 Å². The van der Waals surface area contributed by atoms with Crippen molar-refractivity contribution >= 4 is 11.6 Å². The Morgan fingerprint density at radius 1 is 0.900 bits per heavy atom. The fraction of sp³-hybridized carbons (Fsp3) is 0.0417. The predicted molar refractivity (Wildman–Crippen MR) is 108 cm³/mol. The van der Waals surface area contributed by atoms with Gasteiger partial charge in [0, 0.05) is 0 Å². The molecule has 146 valence electrons. The third-order valence-electron chi connectivity index (χ3n) is 4.57. The molecule has 4 aromatic rings.